The van der Waals surface area contributed by atoms with Crippen molar-refractivity contribution in [3.8, 4) is 0 Å². The molecule has 0 aromatic heterocycles. The summed E-state index contributed by atoms with van der Waals surface area (Å²) >= 11 is 13.7. The molecule has 0 amide bonds. The van der Waals surface area contributed by atoms with Crippen LogP contribution in [0.15, 0.2) is 38.0 Å². The molecule has 0 fully saturated rings. The third-order valence-electron chi connectivity index (χ3n) is 5.59. The molecule has 1 aromatic rings. The van der Waals surface area contributed by atoms with Gasteiger partial charge in [-0.15, -0.1) is 0 Å². The lowest BCUT2D eigenvalue weighted by atomic mass is 9.90. The predicted octanol–water partition coefficient (Wildman–Crippen LogP) is 2.64. The van der Waals surface area contributed by atoms with Crippen molar-refractivity contribution in [3.05, 3.63) is 70.3 Å². The highest BCUT2D eigenvalue weighted by atomic mass is 35.5. The van der Waals surface area contributed by atoms with Crippen LogP contribution in [-0.2, 0) is 54.3 Å². The molecule has 9 nitrogen and oxygen atoms in total. The number of aliphatic hydroxyl groups excluding tert-OH is 2. The van der Waals surface area contributed by atoms with Gasteiger partial charge < -0.3 is 24.4 Å². The van der Waals surface area contributed by atoms with Crippen molar-refractivity contribution in [3.63, 3.8) is 0 Å². The summed E-state index contributed by atoms with van der Waals surface area (Å²) in [6.07, 6.45) is 4.32. The van der Waals surface area contributed by atoms with Gasteiger partial charge in [-0.2, -0.15) is 0 Å². The highest BCUT2D eigenvalue weighted by Gasteiger charge is 2.23. The fourth-order valence-electron chi connectivity index (χ4n) is 3.78. The molecule has 0 bridgehead atoms. The topological polar surface area (TPSA) is 123 Å². The van der Waals surface area contributed by atoms with Crippen LogP contribution in [0.1, 0.15) is 22.3 Å². The van der Waals surface area contributed by atoms with E-state index in [0.717, 1.165) is 23.8 Å². The van der Waals surface area contributed by atoms with E-state index in [1.165, 1.54) is 0 Å². The van der Waals surface area contributed by atoms with E-state index >= 15 is 0 Å². The van der Waals surface area contributed by atoms with Crippen molar-refractivity contribution in [2.75, 3.05) is 52.7 Å². The zero-order valence-electron chi connectivity index (χ0n) is 21.4. The lowest BCUT2D eigenvalue weighted by Crippen LogP contribution is -2.32. The number of carbonyl (C=O) groups excluding carboxylic acids is 3. The fraction of sp³-hybridized carbons (Fsp3) is 0.444. The molecule has 1 aromatic carbocycles. The van der Waals surface area contributed by atoms with Gasteiger partial charge in [0.15, 0.2) is 0 Å². The van der Waals surface area contributed by atoms with Gasteiger partial charge >= 0.3 is 17.9 Å². The first-order valence-corrected chi connectivity index (χ1v) is 12.8. The highest BCUT2D eigenvalue weighted by molar-refractivity contribution is 6.37. The summed E-state index contributed by atoms with van der Waals surface area (Å²) in [5.74, 6) is -1.75. The molecule has 0 aliphatic rings. The number of hydrogen-bond donors (Lipinski definition) is 2. The van der Waals surface area contributed by atoms with Gasteiger partial charge in [0.1, 0.15) is 0 Å². The second-order valence-corrected chi connectivity index (χ2v) is 8.70. The fourth-order valence-corrected chi connectivity index (χ4v) is 4.62. The molecular formula is C27H35Cl2NO8. The number of rotatable bonds is 19. The lowest BCUT2D eigenvalue weighted by Gasteiger charge is -2.25. The van der Waals surface area contributed by atoms with E-state index in [9.17, 15) is 24.6 Å². The van der Waals surface area contributed by atoms with Crippen LogP contribution >= 0.6 is 23.2 Å². The molecule has 0 aliphatic carbocycles. The van der Waals surface area contributed by atoms with Crippen LogP contribution in [0, 0.1) is 0 Å². The summed E-state index contributed by atoms with van der Waals surface area (Å²) in [5.41, 5.74) is 2.66. The van der Waals surface area contributed by atoms with Crippen molar-refractivity contribution in [1.29, 1.82) is 0 Å². The zero-order chi connectivity index (χ0) is 28.5. The summed E-state index contributed by atoms with van der Waals surface area (Å²) in [5, 5.41) is 19.5. The molecule has 0 heterocycles. The molecule has 0 saturated carbocycles. The molecule has 210 valence electrons. The molecule has 38 heavy (non-hydrogen) atoms. The predicted molar refractivity (Wildman–Crippen MR) is 145 cm³/mol. The van der Waals surface area contributed by atoms with Gasteiger partial charge in [-0.1, -0.05) is 42.9 Å². The van der Waals surface area contributed by atoms with Gasteiger partial charge in [-0.3, -0.25) is 4.90 Å². The average Bonchev–Trinajstić information content (AvgIpc) is 2.91. The van der Waals surface area contributed by atoms with Crippen LogP contribution in [0.25, 0.3) is 0 Å². The molecule has 0 unspecified atom stereocenters. The van der Waals surface area contributed by atoms with Gasteiger partial charge in [-0.05, 0) is 28.7 Å². The van der Waals surface area contributed by atoms with Crippen LogP contribution in [0.2, 0.25) is 10.0 Å². The average molecular weight is 572 g/mol. The Morgan fingerprint density at radius 2 is 1.00 bits per heavy atom. The standard InChI is InChI=1S/C27H35Cl2NO8/c1-4-23(33)36-16-8-20-19(7-11-30(12-14-31)13-15-32)21(9-17-37-24(34)5-2)27(29)22(26(20)28)10-18-38-25(35)6-3/h4-6,31-32H,1-3,7-18H2. The van der Waals surface area contributed by atoms with Crippen molar-refractivity contribution in [1.82, 2.24) is 4.90 Å². The molecular weight excluding hydrogens is 537 g/mol. The number of ether oxygens (including phenoxy) is 3. The van der Waals surface area contributed by atoms with E-state index in [1.807, 2.05) is 4.90 Å². The van der Waals surface area contributed by atoms with Gasteiger partial charge in [0.05, 0.1) is 33.0 Å². The molecule has 11 heteroatoms. The molecule has 1 rings (SSSR count). The Morgan fingerprint density at radius 3 is 1.34 bits per heavy atom. The first kappa shape index (κ1) is 33.3. The quantitative estimate of drug-likeness (QED) is 0.146. The monoisotopic (exact) mass is 571 g/mol. The Bertz CT molecular complexity index is 937. The second-order valence-electron chi connectivity index (χ2n) is 7.95. The Labute approximate surface area is 233 Å². The Morgan fingerprint density at radius 1 is 0.632 bits per heavy atom. The maximum Gasteiger partial charge on any atom is 0.330 e. The minimum absolute atomic E-state index is 0.000196. The Kier molecular flexibility index (Phi) is 16.3. The number of hydrogen-bond acceptors (Lipinski definition) is 9. The van der Waals surface area contributed by atoms with Gasteiger partial charge in [-0.25, -0.2) is 14.4 Å². The maximum absolute atomic E-state index is 11.6. The molecule has 0 saturated heterocycles. The normalized spacial score (nSPS) is 10.7. The van der Waals surface area contributed by atoms with Crippen LogP contribution in [0.4, 0.5) is 0 Å². The molecule has 0 radical (unpaired) electrons. The van der Waals surface area contributed by atoms with E-state index < -0.39 is 17.9 Å². The molecule has 0 atom stereocenters. The smallest absolute Gasteiger partial charge is 0.330 e. The van der Waals surface area contributed by atoms with Crippen molar-refractivity contribution in [2.24, 2.45) is 0 Å². The number of carbonyl (C=O) groups is 3. The number of benzene rings is 1. The summed E-state index contributed by atoms with van der Waals surface area (Å²) in [4.78, 5) is 36.7. The van der Waals surface area contributed by atoms with Crippen molar-refractivity contribution >= 4 is 41.1 Å². The van der Waals surface area contributed by atoms with Gasteiger partial charge in [0.2, 0.25) is 0 Å². The third-order valence-corrected chi connectivity index (χ3v) is 6.50. The van der Waals surface area contributed by atoms with E-state index in [2.05, 4.69) is 19.7 Å². The van der Waals surface area contributed by atoms with Crippen LogP contribution in [0.5, 0.6) is 0 Å². The van der Waals surface area contributed by atoms with Crippen molar-refractivity contribution < 1.29 is 38.8 Å². The van der Waals surface area contributed by atoms with E-state index in [-0.39, 0.29) is 52.3 Å². The largest absolute Gasteiger partial charge is 0.462 e. The van der Waals surface area contributed by atoms with Crippen molar-refractivity contribution in [2.45, 2.75) is 25.7 Å². The summed E-state index contributed by atoms with van der Waals surface area (Å²) in [7, 11) is 0. The van der Waals surface area contributed by atoms with Gasteiger partial charge in [0, 0.05) is 67.2 Å². The maximum atomic E-state index is 11.6. The zero-order valence-corrected chi connectivity index (χ0v) is 22.9. The number of esters is 3. The molecule has 2 N–H and O–H groups in total. The highest BCUT2D eigenvalue weighted by Crippen LogP contribution is 2.37. The number of halogens is 2. The lowest BCUT2D eigenvalue weighted by molar-refractivity contribution is -0.138. The summed E-state index contributed by atoms with van der Waals surface area (Å²) in [6, 6.07) is 0. The van der Waals surface area contributed by atoms with Crippen LogP contribution in [0.3, 0.4) is 0 Å². The molecule has 0 spiro atoms. The Hall–Kier alpha value is -2.69. The van der Waals surface area contributed by atoms with Crippen LogP contribution in [-0.4, -0.2) is 85.7 Å². The van der Waals surface area contributed by atoms with E-state index in [0.29, 0.717) is 52.8 Å². The SMILES string of the molecule is C=CC(=O)OCCc1c(Cl)c(CCOC(=O)C=C)c(CCN(CCO)CCO)c(CCOC(=O)C=C)c1Cl. The minimum Gasteiger partial charge on any atom is -0.462 e. The molecule has 0 aliphatic heterocycles. The summed E-state index contributed by atoms with van der Waals surface area (Å²) in [6.45, 7) is 11.2. The first-order valence-electron chi connectivity index (χ1n) is 12.1. The Balaban J connectivity index is 3.52. The first-order chi connectivity index (χ1) is 18.2. The van der Waals surface area contributed by atoms with E-state index in [1.54, 1.807) is 0 Å². The number of nitrogens with zero attached hydrogens (tertiary/aromatic N) is 1. The van der Waals surface area contributed by atoms with Gasteiger partial charge in [0.25, 0.3) is 0 Å². The third kappa shape index (κ3) is 11.0. The number of aliphatic hydroxyl groups is 2. The minimum atomic E-state index is -0.588. The van der Waals surface area contributed by atoms with E-state index in [4.69, 9.17) is 37.4 Å². The van der Waals surface area contributed by atoms with Crippen LogP contribution < -0.4 is 0 Å². The summed E-state index contributed by atoms with van der Waals surface area (Å²) < 4.78 is 15.5. The second kappa shape index (κ2) is 18.5.